The molecule has 64 valence electrons. The highest BCUT2D eigenvalue weighted by Gasteiger charge is 2.10. The average molecular weight is 297 g/mol. The van der Waals surface area contributed by atoms with Crippen molar-refractivity contribution in [3.63, 3.8) is 0 Å². The van der Waals surface area contributed by atoms with Gasteiger partial charge in [0.1, 0.15) is 5.15 Å². The fourth-order valence-electron chi connectivity index (χ4n) is 0.668. The largest absolute Gasteiger partial charge is 0.465 e. The molecule has 1 rings (SSSR count). The van der Waals surface area contributed by atoms with E-state index in [-0.39, 0.29) is 0 Å². The van der Waals surface area contributed by atoms with Crippen molar-refractivity contribution in [2.45, 2.75) is 0 Å². The van der Waals surface area contributed by atoms with Crippen molar-refractivity contribution in [2.24, 2.45) is 0 Å². The second-order valence-corrected chi connectivity index (χ2v) is 3.53. The van der Waals surface area contributed by atoms with Crippen molar-refractivity contribution in [1.82, 2.24) is 4.98 Å². The molecule has 0 radical (unpaired) electrons. The Morgan fingerprint density at radius 2 is 2.42 bits per heavy atom. The zero-order valence-corrected chi connectivity index (χ0v) is 9.09. The van der Waals surface area contributed by atoms with Gasteiger partial charge in [-0.25, -0.2) is 9.78 Å². The molecule has 0 spiro atoms. The molecule has 0 aromatic carbocycles. The highest BCUT2D eigenvalue weighted by Crippen LogP contribution is 2.15. The summed E-state index contributed by atoms with van der Waals surface area (Å²) in [5, 5.41) is 0.368. The Balaban J connectivity index is 3.09. The fraction of sp³-hybridized carbons (Fsp3) is 0.143. The summed E-state index contributed by atoms with van der Waals surface area (Å²) < 4.78 is 5.27. The lowest BCUT2D eigenvalue weighted by Crippen LogP contribution is -2.04. The zero-order valence-electron chi connectivity index (χ0n) is 6.17. The normalized spacial score (nSPS) is 9.58. The number of rotatable bonds is 1. The molecule has 5 heteroatoms. The van der Waals surface area contributed by atoms with E-state index in [9.17, 15) is 4.79 Å². The zero-order chi connectivity index (χ0) is 9.14. The predicted octanol–water partition coefficient (Wildman–Crippen LogP) is 2.13. The molecule has 0 saturated carbocycles. The minimum Gasteiger partial charge on any atom is -0.465 e. The van der Waals surface area contributed by atoms with Gasteiger partial charge in [-0.15, -0.1) is 0 Å². The topological polar surface area (TPSA) is 39.2 Å². The number of hydrogen-bond acceptors (Lipinski definition) is 3. The van der Waals surface area contributed by atoms with Crippen molar-refractivity contribution in [3.05, 3.63) is 26.5 Å². The third-order valence-electron chi connectivity index (χ3n) is 1.23. The molecule has 0 aliphatic heterocycles. The summed E-state index contributed by atoms with van der Waals surface area (Å²) in [6, 6.07) is 1.61. The summed E-state index contributed by atoms with van der Waals surface area (Å²) in [5.74, 6) is -0.399. The number of halogens is 2. The number of aromatic nitrogens is 1. The van der Waals surface area contributed by atoms with Crippen LogP contribution < -0.4 is 0 Å². The molecule has 0 saturated heterocycles. The van der Waals surface area contributed by atoms with Crippen molar-refractivity contribution in [2.75, 3.05) is 7.11 Å². The second-order valence-electron chi connectivity index (χ2n) is 1.98. The van der Waals surface area contributed by atoms with Crippen molar-refractivity contribution < 1.29 is 9.53 Å². The van der Waals surface area contributed by atoms with Gasteiger partial charge in [0, 0.05) is 9.77 Å². The summed E-state index contributed by atoms with van der Waals surface area (Å²) in [6.45, 7) is 0. The van der Waals surface area contributed by atoms with Gasteiger partial charge in [-0.2, -0.15) is 0 Å². The molecule has 0 aliphatic rings. The molecule has 1 heterocycles. The lowest BCUT2D eigenvalue weighted by molar-refractivity contribution is 0.0599. The molecule has 3 nitrogen and oxygen atoms in total. The highest BCUT2D eigenvalue weighted by atomic mass is 127. The summed E-state index contributed by atoms with van der Waals surface area (Å²) in [7, 11) is 1.33. The molecule has 0 N–H and O–H groups in total. The van der Waals surface area contributed by atoms with Crippen LogP contribution in [0.4, 0.5) is 0 Å². The van der Waals surface area contributed by atoms with E-state index in [0.717, 1.165) is 3.57 Å². The molecule has 0 fully saturated rings. The van der Waals surface area contributed by atoms with Crippen LogP contribution in [0.15, 0.2) is 12.3 Å². The summed E-state index contributed by atoms with van der Waals surface area (Å²) >= 11 is 7.60. The minimum atomic E-state index is -0.399. The number of esters is 1. The van der Waals surface area contributed by atoms with Crippen LogP contribution in [0.1, 0.15) is 10.4 Å². The van der Waals surface area contributed by atoms with Gasteiger partial charge in [0.05, 0.1) is 12.7 Å². The summed E-state index contributed by atoms with van der Waals surface area (Å²) in [4.78, 5) is 14.8. The first-order valence-electron chi connectivity index (χ1n) is 3.04. The first-order chi connectivity index (χ1) is 5.65. The minimum absolute atomic E-state index is 0.368. The molecular weight excluding hydrogens is 292 g/mol. The molecule has 0 aliphatic carbocycles. The van der Waals surface area contributed by atoms with E-state index < -0.39 is 5.97 Å². The van der Waals surface area contributed by atoms with E-state index in [2.05, 4.69) is 9.72 Å². The van der Waals surface area contributed by atoms with E-state index in [1.165, 1.54) is 13.3 Å². The van der Waals surface area contributed by atoms with Gasteiger partial charge in [-0.3, -0.25) is 0 Å². The Morgan fingerprint density at radius 1 is 1.75 bits per heavy atom. The quantitative estimate of drug-likeness (QED) is 0.453. The molecule has 0 unspecified atom stereocenters. The molecule has 1 aromatic rings. The first-order valence-corrected chi connectivity index (χ1v) is 4.50. The highest BCUT2D eigenvalue weighted by molar-refractivity contribution is 14.1. The predicted molar refractivity (Wildman–Crippen MR) is 53.3 cm³/mol. The van der Waals surface area contributed by atoms with Gasteiger partial charge >= 0.3 is 5.97 Å². The Morgan fingerprint density at radius 3 is 2.92 bits per heavy atom. The van der Waals surface area contributed by atoms with Crippen LogP contribution in [0.2, 0.25) is 5.15 Å². The van der Waals surface area contributed by atoms with Crippen molar-refractivity contribution in [1.29, 1.82) is 0 Å². The van der Waals surface area contributed by atoms with Gasteiger partial charge in [0.2, 0.25) is 0 Å². The Kier molecular flexibility index (Phi) is 3.28. The smallest absolute Gasteiger partial charge is 0.340 e. The third kappa shape index (κ3) is 2.07. The van der Waals surface area contributed by atoms with Gasteiger partial charge in [-0.05, 0) is 28.7 Å². The lowest BCUT2D eigenvalue weighted by atomic mass is 10.3. The number of nitrogens with zero attached hydrogens (tertiary/aromatic N) is 1. The number of methoxy groups -OCH3 is 1. The fourth-order valence-corrected chi connectivity index (χ4v) is 1.66. The standard InChI is InChI=1S/C7H5ClINO2/c1-12-7(11)4-3-10-6(8)2-5(4)9/h2-3H,1H3. The summed E-state index contributed by atoms with van der Waals surface area (Å²) in [5.41, 5.74) is 0.433. The maximum atomic E-state index is 11.0. The SMILES string of the molecule is COC(=O)c1cnc(Cl)cc1I. The van der Waals surface area contributed by atoms with E-state index in [4.69, 9.17) is 11.6 Å². The Hall–Kier alpha value is -0.360. The first kappa shape index (κ1) is 9.73. The van der Waals surface area contributed by atoms with Gasteiger partial charge in [0.25, 0.3) is 0 Å². The van der Waals surface area contributed by atoms with E-state index in [1.54, 1.807) is 6.07 Å². The molecule has 0 atom stereocenters. The monoisotopic (exact) mass is 297 g/mol. The van der Waals surface area contributed by atoms with Crippen LogP contribution in [0.5, 0.6) is 0 Å². The number of pyridine rings is 1. The Bertz CT molecular complexity index is 316. The third-order valence-corrected chi connectivity index (χ3v) is 2.32. The van der Waals surface area contributed by atoms with Crippen LogP contribution in [0, 0.1) is 3.57 Å². The van der Waals surface area contributed by atoms with Crippen LogP contribution in [0.3, 0.4) is 0 Å². The Labute approximate surface area is 88.2 Å². The van der Waals surface area contributed by atoms with E-state index >= 15 is 0 Å². The number of carbonyl (C=O) groups excluding carboxylic acids is 1. The van der Waals surface area contributed by atoms with Crippen LogP contribution in [0.25, 0.3) is 0 Å². The van der Waals surface area contributed by atoms with Crippen LogP contribution in [-0.2, 0) is 4.74 Å². The number of ether oxygens (including phenoxy) is 1. The van der Waals surface area contributed by atoms with E-state index in [1.807, 2.05) is 22.6 Å². The molecule has 1 aromatic heterocycles. The van der Waals surface area contributed by atoms with E-state index in [0.29, 0.717) is 10.7 Å². The average Bonchev–Trinajstić information content (AvgIpc) is 2.03. The van der Waals surface area contributed by atoms with Crippen LogP contribution >= 0.6 is 34.2 Å². The van der Waals surface area contributed by atoms with Gasteiger partial charge < -0.3 is 4.74 Å². The van der Waals surface area contributed by atoms with Gasteiger partial charge in [0.15, 0.2) is 0 Å². The summed E-state index contributed by atoms with van der Waals surface area (Å²) in [6.07, 6.45) is 1.40. The maximum absolute atomic E-state index is 11.0. The van der Waals surface area contributed by atoms with Crippen molar-refractivity contribution in [3.8, 4) is 0 Å². The molecule has 0 amide bonds. The second kappa shape index (κ2) is 4.04. The lowest BCUT2D eigenvalue weighted by Gasteiger charge is -2.00. The van der Waals surface area contributed by atoms with Crippen molar-refractivity contribution >= 4 is 40.2 Å². The molecule has 12 heavy (non-hydrogen) atoms. The maximum Gasteiger partial charge on any atom is 0.340 e. The molecule has 0 bridgehead atoms. The van der Waals surface area contributed by atoms with Crippen LogP contribution in [-0.4, -0.2) is 18.1 Å². The number of hydrogen-bond donors (Lipinski definition) is 0. The molecular formula is C7H5ClINO2. The number of carbonyl (C=O) groups is 1. The van der Waals surface area contributed by atoms with Gasteiger partial charge in [-0.1, -0.05) is 11.6 Å².